The van der Waals surface area contributed by atoms with Crippen molar-refractivity contribution in [3.8, 4) is 0 Å². The third-order valence-electron chi connectivity index (χ3n) is 4.93. The van der Waals surface area contributed by atoms with Gasteiger partial charge in [0.1, 0.15) is 5.60 Å². The van der Waals surface area contributed by atoms with E-state index in [-0.39, 0.29) is 5.91 Å². The van der Waals surface area contributed by atoms with Crippen molar-refractivity contribution in [3.63, 3.8) is 0 Å². The Balaban J connectivity index is 1.77. The molecule has 0 spiro atoms. The van der Waals surface area contributed by atoms with E-state index in [0.29, 0.717) is 29.3 Å². The zero-order chi connectivity index (χ0) is 22.8. The van der Waals surface area contributed by atoms with E-state index in [1.165, 1.54) is 6.07 Å². The van der Waals surface area contributed by atoms with Crippen molar-refractivity contribution in [2.45, 2.75) is 52.1 Å². The average Bonchev–Trinajstić information content (AvgIpc) is 2.72. The molecule has 1 aliphatic rings. The third kappa shape index (κ3) is 5.12. The average molecular weight is 422 g/mol. The molecule has 2 aromatic rings. The summed E-state index contributed by atoms with van der Waals surface area (Å²) in [5.41, 5.74) is 8.66. The van der Waals surface area contributed by atoms with Gasteiger partial charge in [0.05, 0.1) is 35.3 Å². The molecule has 1 unspecified atom stereocenters. The first-order chi connectivity index (χ1) is 14.6. The number of pyridine rings is 1. The van der Waals surface area contributed by atoms with E-state index in [1.54, 1.807) is 30.0 Å². The van der Waals surface area contributed by atoms with Crippen LogP contribution >= 0.6 is 0 Å². The molecule has 3 N–H and O–H groups in total. The fraction of sp³-hybridized carbons (Fsp3) is 0.391. The molecule has 0 fully saturated rings. The number of nitrogens with one attached hydrogen (secondary N) is 1. The number of carbonyl (C=O) groups excluding carboxylic acids is 2. The highest BCUT2D eigenvalue weighted by Gasteiger charge is 2.29. The number of nitrogens with zero attached hydrogens (tertiary/aromatic N) is 3. The summed E-state index contributed by atoms with van der Waals surface area (Å²) in [6.45, 7) is 14.9. The second kappa shape index (κ2) is 8.64. The molecule has 2 heterocycles. The van der Waals surface area contributed by atoms with Crippen LogP contribution in [0.25, 0.3) is 4.85 Å². The van der Waals surface area contributed by atoms with Crippen LogP contribution in [-0.4, -0.2) is 29.1 Å². The Bertz CT molecular complexity index is 1050. The summed E-state index contributed by atoms with van der Waals surface area (Å²) in [4.78, 5) is 34.9. The first-order valence-corrected chi connectivity index (χ1v) is 10.2. The van der Waals surface area contributed by atoms with Crippen molar-refractivity contribution in [1.82, 2.24) is 4.98 Å². The number of nitrogen functional groups attached to an aromatic ring is 1. The van der Waals surface area contributed by atoms with Crippen molar-refractivity contribution < 1.29 is 14.3 Å². The highest BCUT2D eigenvalue weighted by Crippen LogP contribution is 2.30. The number of carbonyl (C=O) groups is 2. The summed E-state index contributed by atoms with van der Waals surface area (Å²) < 4.78 is 5.51. The van der Waals surface area contributed by atoms with Crippen molar-refractivity contribution in [3.05, 3.63) is 53.1 Å². The Labute approximate surface area is 182 Å². The maximum Gasteiger partial charge on any atom is 0.414 e. The summed E-state index contributed by atoms with van der Waals surface area (Å²) >= 11 is 0. The molecule has 3 rings (SSSR count). The Morgan fingerprint density at radius 1 is 1.29 bits per heavy atom. The van der Waals surface area contributed by atoms with Crippen LogP contribution in [0.2, 0.25) is 0 Å². The van der Waals surface area contributed by atoms with Gasteiger partial charge in [-0.3, -0.25) is 14.7 Å². The highest BCUT2D eigenvalue weighted by molar-refractivity contribution is 5.98. The molecule has 31 heavy (non-hydrogen) atoms. The Kier molecular flexibility index (Phi) is 6.16. The van der Waals surface area contributed by atoms with Gasteiger partial charge in [-0.25, -0.2) is 9.64 Å². The maximum absolute atomic E-state index is 12.8. The van der Waals surface area contributed by atoms with Crippen molar-refractivity contribution in [2.75, 3.05) is 22.5 Å². The molecule has 1 aromatic carbocycles. The van der Waals surface area contributed by atoms with E-state index in [4.69, 9.17) is 17.0 Å². The minimum absolute atomic E-state index is 0.255. The van der Waals surface area contributed by atoms with Gasteiger partial charge >= 0.3 is 6.09 Å². The molecule has 0 aliphatic carbocycles. The van der Waals surface area contributed by atoms with E-state index in [1.807, 2.05) is 26.8 Å². The predicted molar refractivity (Wildman–Crippen MR) is 120 cm³/mol. The normalized spacial score (nSPS) is 14.2. The molecule has 0 saturated heterocycles. The molecule has 1 aromatic heterocycles. The third-order valence-corrected chi connectivity index (χ3v) is 4.93. The summed E-state index contributed by atoms with van der Waals surface area (Å²) in [6, 6.07) is 8.33. The summed E-state index contributed by atoms with van der Waals surface area (Å²) in [5, 5.41) is 2.80. The van der Waals surface area contributed by atoms with Crippen LogP contribution in [0, 0.1) is 6.57 Å². The van der Waals surface area contributed by atoms with Crippen LogP contribution in [0.5, 0.6) is 0 Å². The van der Waals surface area contributed by atoms with Crippen molar-refractivity contribution in [2.24, 2.45) is 0 Å². The van der Waals surface area contributed by atoms with Gasteiger partial charge in [0, 0.05) is 12.2 Å². The van der Waals surface area contributed by atoms with Gasteiger partial charge < -0.3 is 15.8 Å². The SMILES string of the molecule is [C-]#[N+]c1ccc(NC(=O)C(C)c2ccc3c(n2)CCCN3C(=O)OC(C)(C)C)c(N)c1. The first-order valence-electron chi connectivity index (χ1n) is 10.2. The van der Waals surface area contributed by atoms with Gasteiger partial charge in [-0.1, -0.05) is 6.07 Å². The van der Waals surface area contributed by atoms with Gasteiger partial charge in [0.2, 0.25) is 5.91 Å². The molecule has 8 heteroatoms. The predicted octanol–water partition coefficient (Wildman–Crippen LogP) is 4.64. The molecule has 2 amide bonds. The number of benzene rings is 1. The molecule has 0 saturated carbocycles. The molecule has 1 aliphatic heterocycles. The first kappa shape index (κ1) is 22.1. The fourth-order valence-electron chi connectivity index (χ4n) is 3.32. The lowest BCUT2D eigenvalue weighted by Gasteiger charge is -2.31. The number of aryl methyl sites for hydroxylation is 1. The van der Waals surface area contributed by atoms with Crippen molar-refractivity contribution in [1.29, 1.82) is 0 Å². The molecular formula is C23H27N5O3. The number of ether oxygens (including phenoxy) is 1. The van der Waals surface area contributed by atoms with Gasteiger partial charge in [0.15, 0.2) is 5.69 Å². The van der Waals surface area contributed by atoms with Crippen LogP contribution in [-0.2, 0) is 16.0 Å². The van der Waals surface area contributed by atoms with E-state index >= 15 is 0 Å². The molecule has 1 atom stereocenters. The Hall–Kier alpha value is -3.60. The van der Waals surface area contributed by atoms with Gasteiger partial charge in [-0.15, -0.1) is 0 Å². The van der Waals surface area contributed by atoms with E-state index in [0.717, 1.165) is 24.2 Å². The minimum Gasteiger partial charge on any atom is -0.443 e. The number of rotatable bonds is 3. The standard InChI is InChI=1S/C23H27N5O3/c1-14(21(29)27-18-9-8-15(25-5)13-16(18)24)17-10-11-20-19(26-17)7-6-12-28(20)22(30)31-23(2,3)4/h8-11,13-14H,6-7,12,24H2,1-4H3,(H,27,29). The smallest absolute Gasteiger partial charge is 0.414 e. The summed E-state index contributed by atoms with van der Waals surface area (Å²) in [6.07, 6.45) is 1.10. The number of fused-ring (bicyclic) bond motifs is 1. The van der Waals surface area contributed by atoms with Crippen molar-refractivity contribution >= 4 is 34.7 Å². The Morgan fingerprint density at radius 3 is 2.68 bits per heavy atom. The maximum atomic E-state index is 12.8. The van der Waals surface area contributed by atoms with Gasteiger partial charge in [-0.2, -0.15) is 0 Å². The second-order valence-electron chi connectivity index (χ2n) is 8.53. The molecule has 0 bridgehead atoms. The summed E-state index contributed by atoms with van der Waals surface area (Å²) in [7, 11) is 0. The lowest BCUT2D eigenvalue weighted by molar-refractivity contribution is -0.117. The van der Waals surface area contributed by atoms with Crippen LogP contribution in [0.4, 0.5) is 27.5 Å². The molecule has 0 radical (unpaired) electrons. The molecule has 8 nitrogen and oxygen atoms in total. The number of anilines is 3. The summed E-state index contributed by atoms with van der Waals surface area (Å²) in [5.74, 6) is -0.781. The van der Waals surface area contributed by atoms with Gasteiger partial charge in [0.25, 0.3) is 0 Å². The molecule has 162 valence electrons. The van der Waals surface area contributed by atoms with Crippen LogP contribution in [0.3, 0.4) is 0 Å². The van der Waals surface area contributed by atoms with Gasteiger partial charge in [-0.05, 0) is 64.8 Å². The zero-order valence-corrected chi connectivity index (χ0v) is 18.2. The van der Waals surface area contributed by atoms with E-state index in [2.05, 4.69) is 15.1 Å². The quantitative estimate of drug-likeness (QED) is 0.555. The highest BCUT2D eigenvalue weighted by atomic mass is 16.6. The number of hydrogen-bond donors (Lipinski definition) is 2. The zero-order valence-electron chi connectivity index (χ0n) is 18.2. The van der Waals surface area contributed by atoms with Crippen LogP contribution < -0.4 is 16.0 Å². The van der Waals surface area contributed by atoms with Crippen LogP contribution in [0.1, 0.15) is 51.4 Å². The van der Waals surface area contributed by atoms with E-state index in [9.17, 15) is 9.59 Å². The lowest BCUT2D eigenvalue weighted by Crippen LogP contribution is -2.40. The monoisotopic (exact) mass is 421 g/mol. The number of nitrogens with two attached hydrogens (primary N) is 1. The lowest BCUT2D eigenvalue weighted by atomic mass is 10.0. The number of aromatic nitrogens is 1. The van der Waals surface area contributed by atoms with E-state index < -0.39 is 17.6 Å². The number of hydrogen-bond acceptors (Lipinski definition) is 5. The topological polar surface area (TPSA) is 102 Å². The number of amides is 2. The Morgan fingerprint density at radius 2 is 2.03 bits per heavy atom. The fourth-order valence-corrected chi connectivity index (χ4v) is 3.32. The second-order valence-corrected chi connectivity index (χ2v) is 8.53. The largest absolute Gasteiger partial charge is 0.443 e. The van der Waals surface area contributed by atoms with Crippen LogP contribution in [0.15, 0.2) is 30.3 Å². The molecular weight excluding hydrogens is 394 g/mol. The minimum atomic E-state index is -0.580.